The fraction of sp³-hybridized carbons (Fsp3) is 0.579. The number of benzene rings is 1. The number of aliphatic hydroxyl groups is 1. The smallest absolute Gasteiger partial charge is 0.410 e. The van der Waals surface area contributed by atoms with Crippen LogP contribution >= 0.6 is 0 Å². The molecule has 8 heteroatoms. The molecule has 1 fully saturated rings. The summed E-state index contributed by atoms with van der Waals surface area (Å²) >= 11 is 0. The molecule has 0 saturated carbocycles. The fourth-order valence-corrected chi connectivity index (χ4v) is 3.15. The number of likely N-dealkylation sites (tertiary alicyclic amines) is 1. The van der Waals surface area contributed by atoms with E-state index < -0.39 is 24.1 Å². The van der Waals surface area contributed by atoms with Crippen molar-refractivity contribution in [3.8, 4) is 0 Å². The van der Waals surface area contributed by atoms with Crippen molar-refractivity contribution in [2.75, 3.05) is 27.1 Å². The Morgan fingerprint density at radius 1 is 1.15 bits per heavy atom. The maximum atomic E-state index is 12.7. The highest BCUT2D eigenvalue weighted by Crippen LogP contribution is 2.27. The molecule has 1 N–H and O–H groups in total. The fourth-order valence-electron chi connectivity index (χ4n) is 3.15. The lowest BCUT2D eigenvalue weighted by Crippen LogP contribution is -2.57. The van der Waals surface area contributed by atoms with E-state index in [1.54, 1.807) is 0 Å². The number of ether oxygens (including phenoxy) is 4. The van der Waals surface area contributed by atoms with Gasteiger partial charge in [0.05, 0.1) is 24.8 Å². The van der Waals surface area contributed by atoms with E-state index >= 15 is 0 Å². The summed E-state index contributed by atoms with van der Waals surface area (Å²) in [5, 5.41) is 9.79. The molecule has 1 aliphatic rings. The van der Waals surface area contributed by atoms with Gasteiger partial charge in [-0.2, -0.15) is 0 Å². The molecule has 3 atom stereocenters. The maximum Gasteiger partial charge on any atom is 0.410 e. The molecule has 1 aromatic rings. The molecule has 27 heavy (non-hydrogen) atoms. The number of methoxy groups -OCH3 is 1. The zero-order chi connectivity index (χ0) is 19.6. The monoisotopic (exact) mass is 381 g/mol. The number of amides is 1. The van der Waals surface area contributed by atoms with Crippen molar-refractivity contribution in [3.05, 3.63) is 35.9 Å². The van der Waals surface area contributed by atoms with Crippen molar-refractivity contribution >= 4 is 12.1 Å². The second-order valence-electron chi connectivity index (χ2n) is 6.41. The highest BCUT2D eigenvalue weighted by atomic mass is 16.7. The van der Waals surface area contributed by atoms with Crippen molar-refractivity contribution < 1.29 is 33.6 Å². The van der Waals surface area contributed by atoms with Crippen LogP contribution in [0.2, 0.25) is 0 Å². The number of aliphatic hydroxyl groups excluding tert-OH is 1. The molecule has 0 spiro atoms. The second kappa shape index (κ2) is 10.9. The van der Waals surface area contributed by atoms with Gasteiger partial charge >= 0.3 is 12.1 Å². The number of piperidine rings is 1. The summed E-state index contributed by atoms with van der Waals surface area (Å²) in [6.45, 7) is 1.31. The molecular formula is C19H27NO7. The molecule has 1 amide bonds. The van der Waals surface area contributed by atoms with Crippen LogP contribution in [0.25, 0.3) is 0 Å². The highest BCUT2D eigenvalue weighted by Gasteiger charge is 2.40. The van der Waals surface area contributed by atoms with Gasteiger partial charge in [0, 0.05) is 14.0 Å². The molecule has 8 nitrogen and oxygen atoms in total. The van der Waals surface area contributed by atoms with E-state index in [4.69, 9.17) is 18.9 Å². The number of hydrogen-bond acceptors (Lipinski definition) is 7. The molecule has 0 aromatic heterocycles. The topological polar surface area (TPSA) is 94.5 Å². The third-order valence-electron chi connectivity index (χ3n) is 4.38. The van der Waals surface area contributed by atoms with E-state index in [1.807, 2.05) is 30.3 Å². The predicted octanol–water partition coefficient (Wildman–Crippen LogP) is 1.70. The largest absolute Gasteiger partial charge is 0.464 e. The Morgan fingerprint density at radius 2 is 1.85 bits per heavy atom. The SMILES string of the molecule is COCO[C@H]1C[C@@H](CO)N(C(=O)OCc2ccccc2)[C@@H](COC(C)=O)C1. The van der Waals surface area contributed by atoms with Crippen molar-refractivity contribution in [2.45, 2.75) is 44.6 Å². The zero-order valence-electron chi connectivity index (χ0n) is 15.7. The number of carbonyl (C=O) groups is 2. The Morgan fingerprint density at radius 3 is 2.48 bits per heavy atom. The van der Waals surface area contributed by atoms with Gasteiger partial charge in [0.25, 0.3) is 0 Å². The standard InChI is InChI=1S/C19H27NO7/c1-14(22)25-12-17-9-18(27-13-24-2)8-16(10-21)20(17)19(23)26-11-15-6-4-3-5-7-15/h3-7,16-18,21H,8-13H2,1-2H3/t16-,17+,18-/m0/s1. The number of nitrogens with zero attached hydrogens (tertiary/aromatic N) is 1. The van der Waals surface area contributed by atoms with Gasteiger partial charge in [-0.15, -0.1) is 0 Å². The van der Waals surface area contributed by atoms with Crippen molar-refractivity contribution in [1.29, 1.82) is 0 Å². The molecule has 0 unspecified atom stereocenters. The van der Waals surface area contributed by atoms with Gasteiger partial charge in [0.1, 0.15) is 20.0 Å². The quantitative estimate of drug-likeness (QED) is 0.541. The lowest BCUT2D eigenvalue weighted by atomic mass is 9.94. The summed E-state index contributed by atoms with van der Waals surface area (Å²) in [4.78, 5) is 25.4. The Balaban J connectivity index is 2.07. The number of rotatable bonds is 8. The van der Waals surface area contributed by atoms with Crippen LogP contribution < -0.4 is 0 Å². The first-order chi connectivity index (χ1) is 13.0. The second-order valence-corrected chi connectivity index (χ2v) is 6.41. The average molecular weight is 381 g/mol. The van der Waals surface area contributed by atoms with Gasteiger partial charge in [0.2, 0.25) is 0 Å². The number of carbonyl (C=O) groups excluding carboxylic acids is 2. The van der Waals surface area contributed by atoms with E-state index in [0.717, 1.165) is 5.56 Å². The minimum Gasteiger partial charge on any atom is -0.464 e. The minimum absolute atomic E-state index is 0.0130. The summed E-state index contributed by atoms with van der Waals surface area (Å²) in [5.74, 6) is -0.437. The maximum absolute atomic E-state index is 12.7. The Kier molecular flexibility index (Phi) is 8.50. The third-order valence-corrected chi connectivity index (χ3v) is 4.38. The van der Waals surface area contributed by atoms with Crippen LogP contribution in [0.3, 0.4) is 0 Å². The van der Waals surface area contributed by atoms with Crippen LogP contribution in [0, 0.1) is 0 Å². The minimum atomic E-state index is -0.555. The van der Waals surface area contributed by atoms with Gasteiger partial charge in [-0.05, 0) is 18.4 Å². The lowest BCUT2D eigenvalue weighted by Gasteiger charge is -2.43. The van der Waals surface area contributed by atoms with Crippen LogP contribution in [0.4, 0.5) is 4.79 Å². The van der Waals surface area contributed by atoms with Crippen molar-refractivity contribution in [1.82, 2.24) is 4.90 Å². The van der Waals surface area contributed by atoms with Gasteiger partial charge in [-0.1, -0.05) is 30.3 Å². The molecule has 1 saturated heterocycles. The lowest BCUT2D eigenvalue weighted by molar-refractivity contribution is -0.147. The first-order valence-electron chi connectivity index (χ1n) is 8.89. The number of esters is 1. The van der Waals surface area contributed by atoms with E-state index in [-0.39, 0.29) is 32.7 Å². The Hall–Kier alpha value is -2.16. The molecule has 1 aromatic carbocycles. The van der Waals surface area contributed by atoms with E-state index in [0.29, 0.717) is 12.8 Å². The average Bonchev–Trinajstić information content (AvgIpc) is 2.69. The third kappa shape index (κ3) is 6.50. The van der Waals surface area contributed by atoms with Gasteiger partial charge < -0.3 is 24.1 Å². The Labute approximate surface area is 159 Å². The van der Waals surface area contributed by atoms with Crippen LogP contribution in [0.5, 0.6) is 0 Å². The molecule has 0 bridgehead atoms. The highest BCUT2D eigenvalue weighted by molar-refractivity contribution is 5.69. The zero-order valence-corrected chi connectivity index (χ0v) is 15.7. The Bertz CT molecular complexity index is 595. The molecule has 0 radical (unpaired) electrons. The first kappa shape index (κ1) is 21.1. The number of hydrogen-bond donors (Lipinski definition) is 1. The normalized spacial score (nSPS) is 22.3. The summed E-state index contributed by atoms with van der Waals surface area (Å²) in [7, 11) is 1.52. The molecule has 1 heterocycles. The van der Waals surface area contributed by atoms with E-state index in [1.165, 1.54) is 18.9 Å². The van der Waals surface area contributed by atoms with Crippen LogP contribution in [0.15, 0.2) is 30.3 Å². The molecule has 0 aliphatic carbocycles. The van der Waals surface area contributed by atoms with Crippen LogP contribution in [-0.2, 0) is 30.3 Å². The van der Waals surface area contributed by atoms with Crippen LogP contribution in [0.1, 0.15) is 25.3 Å². The molecule has 1 aliphatic heterocycles. The molecular weight excluding hydrogens is 354 g/mol. The van der Waals surface area contributed by atoms with Gasteiger partial charge in [-0.25, -0.2) is 4.79 Å². The molecule has 150 valence electrons. The van der Waals surface area contributed by atoms with Gasteiger partial charge in [0.15, 0.2) is 0 Å². The predicted molar refractivity (Wildman–Crippen MR) is 95.7 cm³/mol. The summed E-state index contributed by atoms with van der Waals surface area (Å²) in [5.41, 5.74) is 0.862. The van der Waals surface area contributed by atoms with E-state index in [2.05, 4.69) is 0 Å². The van der Waals surface area contributed by atoms with E-state index in [9.17, 15) is 14.7 Å². The van der Waals surface area contributed by atoms with Gasteiger partial charge in [-0.3, -0.25) is 9.69 Å². The molecule has 2 rings (SSSR count). The summed E-state index contributed by atoms with van der Waals surface area (Å²) in [6, 6.07) is 8.38. The van der Waals surface area contributed by atoms with Crippen LogP contribution in [-0.4, -0.2) is 67.4 Å². The van der Waals surface area contributed by atoms with Crippen molar-refractivity contribution in [2.24, 2.45) is 0 Å². The summed E-state index contributed by atoms with van der Waals surface area (Å²) in [6.07, 6.45) is 0.117. The van der Waals surface area contributed by atoms with Crippen molar-refractivity contribution in [3.63, 3.8) is 0 Å². The summed E-state index contributed by atoms with van der Waals surface area (Å²) < 4.78 is 21.1. The first-order valence-corrected chi connectivity index (χ1v) is 8.89.